The average Bonchev–Trinajstić information content (AvgIpc) is 3.07. The summed E-state index contributed by atoms with van der Waals surface area (Å²) < 4.78 is 10.1. The lowest BCUT2D eigenvalue weighted by Gasteiger charge is -2.30. The number of nitrogens with zero attached hydrogens (tertiary/aromatic N) is 1. The molecule has 2 unspecified atom stereocenters. The number of hydrogen-bond acceptors (Lipinski definition) is 4. The molecule has 2 rings (SSSR count). The molecule has 0 aromatic carbocycles. The van der Waals surface area contributed by atoms with Crippen molar-refractivity contribution in [3.05, 3.63) is 12.2 Å². The third kappa shape index (κ3) is 3.27. The smallest absolute Gasteiger partial charge is 0.307 e. The lowest BCUT2D eigenvalue weighted by molar-refractivity contribution is -0.151. The van der Waals surface area contributed by atoms with E-state index in [0.29, 0.717) is 26.3 Å². The van der Waals surface area contributed by atoms with Crippen LogP contribution in [0.4, 0.5) is 0 Å². The first-order valence-corrected chi connectivity index (χ1v) is 7.28. The van der Waals surface area contributed by atoms with Crippen molar-refractivity contribution in [1.29, 1.82) is 0 Å². The van der Waals surface area contributed by atoms with Gasteiger partial charge in [-0.25, -0.2) is 0 Å². The summed E-state index contributed by atoms with van der Waals surface area (Å²) in [6.45, 7) is 1.79. The molecule has 0 heterocycles. The van der Waals surface area contributed by atoms with E-state index in [1.54, 1.807) is 19.1 Å². The Labute approximate surface area is 124 Å². The normalized spacial score (nSPS) is 29.8. The first-order valence-electron chi connectivity index (χ1n) is 7.28. The maximum atomic E-state index is 12.8. The number of carbonyl (C=O) groups is 2. The van der Waals surface area contributed by atoms with Gasteiger partial charge in [-0.15, -0.1) is 0 Å². The van der Waals surface area contributed by atoms with E-state index in [4.69, 9.17) is 9.47 Å². The third-order valence-electron chi connectivity index (χ3n) is 4.47. The van der Waals surface area contributed by atoms with Gasteiger partial charge in [-0.2, -0.15) is 0 Å². The molecule has 0 aromatic heterocycles. The first-order chi connectivity index (χ1) is 10.1. The van der Waals surface area contributed by atoms with Crippen LogP contribution in [0.1, 0.15) is 6.42 Å². The molecule has 0 aliphatic heterocycles. The number of amides is 1. The molecule has 6 nitrogen and oxygen atoms in total. The van der Waals surface area contributed by atoms with Crippen molar-refractivity contribution in [2.24, 2.45) is 23.7 Å². The van der Waals surface area contributed by atoms with Crippen LogP contribution in [-0.2, 0) is 19.1 Å². The zero-order chi connectivity index (χ0) is 15.4. The number of allylic oxidation sites excluding steroid dienone is 2. The summed E-state index contributed by atoms with van der Waals surface area (Å²) >= 11 is 0. The van der Waals surface area contributed by atoms with Crippen LogP contribution in [0.25, 0.3) is 0 Å². The van der Waals surface area contributed by atoms with Crippen molar-refractivity contribution >= 4 is 11.9 Å². The lowest BCUT2D eigenvalue weighted by atomic mass is 9.82. The molecule has 2 aliphatic carbocycles. The van der Waals surface area contributed by atoms with Crippen molar-refractivity contribution in [3.8, 4) is 0 Å². The van der Waals surface area contributed by atoms with Gasteiger partial charge in [0, 0.05) is 27.3 Å². The molecule has 21 heavy (non-hydrogen) atoms. The molecule has 1 fully saturated rings. The van der Waals surface area contributed by atoms with Gasteiger partial charge < -0.3 is 19.5 Å². The minimum absolute atomic E-state index is 0.00634. The molecule has 1 amide bonds. The van der Waals surface area contributed by atoms with Gasteiger partial charge >= 0.3 is 5.97 Å². The zero-order valence-electron chi connectivity index (χ0n) is 12.5. The summed E-state index contributed by atoms with van der Waals surface area (Å²) in [6, 6.07) is 0. The second kappa shape index (κ2) is 7.04. The Morgan fingerprint density at radius 2 is 1.62 bits per heavy atom. The fourth-order valence-corrected chi connectivity index (χ4v) is 3.44. The fraction of sp³-hybridized carbons (Fsp3) is 0.733. The maximum absolute atomic E-state index is 12.8. The van der Waals surface area contributed by atoms with E-state index in [1.165, 1.54) is 0 Å². The standard InChI is InChI=1S/C15H23NO5/c1-20-7-5-16(6-8-21-2)14(17)12-10-3-4-11(9-10)13(12)15(18)19/h3-4,10-13H,5-9H2,1-2H3,(H,18,19)/t10?,11?,12-,13+/m0/s1. The van der Waals surface area contributed by atoms with Gasteiger partial charge in [0.2, 0.25) is 5.91 Å². The van der Waals surface area contributed by atoms with Gasteiger partial charge in [0.1, 0.15) is 0 Å². The molecule has 6 heteroatoms. The second-order valence-corrected chi connectivity index (χ2v) is 5.65. The van der Waals surface area contributed by atoms with Crippen LogP contribution in [0, 0.1) is 23.7 Å². The highest BCUT2D eigenvalue weighted by Crippen LogP contribution is 2.48. The van der Waals surface area contributed by atoms with Crippen LogP contribution in [-0.4, -0.2) is 62.4 Å². The molecule has 0 radical (unpaired) electrons. The zero-order valence-corrected chi connectivity index (χ0v) is 12.5. The minimum atomic E-state index is -0.872. The molecule has 118 valence electrons. The quantitative estimate of drug-likeness (QED) is 0.665. The number of carboxylic acid groups (broad SMARTS) is 1. The number of ether oxygens (including phenoxy) is 2. The second-order valence-electron chi connectivity index (χ2n) is 5.65. The van der Waals surface area contributed by atoms with Crippen LogP contribution in [0.2, 0.25) is 0 Å². The predicted molar refractivity (Wildman–Crippen MR) is 75.7 cm³/mol. The van der Waals surface area contributed by atoms with E-state index in [1.807, 2.05) is 12.2 Å². The predicted octanol–water partition coefficient (Wildman–Crippen LogP) is 0.631. The summed E-state index contributed by atoms with van der Waals surface area (Å²) in [5.74, 6) is -1.97. The first kappa shape index (κ1) is 16.0. The molecule has 2 bridgehead atoms. The Morgan fingerprint density at radius 1 is 1.10 bits per heavy atom. The fourth-order valence-electron chi connectivity index (χ4n) is 3.44. The molecule has 1 saturated carbocycles. The topological polar surface area (TPSA) is 76.1 Å². The Kier molecular flexibility index (Phi) is 5.36. The van der Waals surface area contributed by atoms with Crippen LogP contribution in [0.3, 0.4) is 0 Å². The van der Waals surface area contributed by atoms with Crippen LogP contribution >= 0.6 is 0 Å². The van der Waals surface area contributed by atoms with E-state index in [2.05, 4.69) is 0 Å². The minimum Gasteiger partial charge on any atom is -0.481 e. The van der Waals surface area contributed by atoms with E-state index < -0.39 is 17.8 Å². The number of carbonyl (C=O) groups excluding carboxylic acids is 1. The molecule has 0 spiro atoms. The van der Waals surface area contributed by atoms with Crippen molar-refractivity contribution in [2.45, 2.75) is 6.42 Å². The monoisotopic (exact) mass is 297 g/mol. The van der Waals surface area contributed by atoms with E-state index >= 15 is 0 Å². The van der Waals surface area contributed by atoms with Gasteiger partial charge in [0.25, 0.3) is 0 Å². The molecule has 4 atom stereocenters. The Morgan fingerprint density at radius 3 is 2.10 bits per heavy atom. The molecule has 2 aliphatic rings. The highest BCUT2D eigenvalue weighted by Gasteiger charge is 2.52. The number of methoxy groups -OCH3 is 2. The Balaban J connectivity index is 2.11. The number of hydrogen-bond donors (Lipinski definition) is 1. The Hall–Kier alpha value is -1.40. The van der Waals surface area contributed by atoms with Crippen molar-refractivity contribution < 1.29 is 24.2 Å². The SMILES string of the molecule is COCCN(CCOC)C(=O)[C@H]1C2C=CC(C2)[C@H]1C(=O)O. The molecule has 1 N–H and O–H groups in total. The van der Waals surface area contributed by atoms with Gasteiger partial charge in [-0.3, -0.25) is 9.59 Å². The molecule has 0 saturated heterocycles. The summed E-state index contributed by atoms with van der Waals surface area (Å²) in [5.41, 5.74) is 0. The summed E-state index contributed by atoms with van der Waals surface area (Å²) in [6.07, 6.45) is 4.72. The Bertz CT molecular complexity index is 414. The van der Waals surface area contributed by atoms with Crippen molar-refractivity contribution in [1.82, 2.24) is 4.90 Å². The molecular formula is C15H23NO5. The highest BCUT2D eigenvalue weighted by atomic mass is 16.5. The molecular weight excluding hydrogens is 274 g/mol. The largest absolute Gasteiger partial charge is 0.481 e. The van der Waals surface area contributed by atoms with Gasteiger partial charge in [0.15, 0.2) is 0 Å². The van der Waals surface area contributed by atoms with Crippen LogP contribution in [0.5, 0.6) is 0 Å². The van der Waals surface area contributed by atoms with Crippen molar-refractivity contribution in [2.75, 3.05) is 40.5 Å². The van der Waals surface area contributed by atoms with Crippen LogP contribution in [0.15, 0.2) is 12.2 Å². The number of aliphatic carboxylic acids is 1. The van der Waals surface area contributed by atoms with E-state index in [9.17, 15) is 14.7 Å². The summed E-state index contributed by atoms with van der Waals surface area (Å²) in [4.78, 5) is 26.0. The third-order valence-corrected chi connectivity index (χ3v) is 4.47. The number of rotatable bonds is 8. The average molecular weight is 297 g/mol. The number of fused-ring (bicyclic) bond motifs is 2. The maximum Gasteiger partial charge on any atom is 0.307 e. The summed E-state index contributed by atoms with van der Waals surface area (Å²) in [5, 5.41) is 9.43. The van der Waals surface area contributed by atoms with Crippen molar-refractivity contribution in [3.63, 3.8) is 0 Å². The summed E-state index contributed by atoms with van der Waals surface area (Å²) in [7, 11) is 3.17. The van der Waals surface area contributed by atoms with Gasteiger partial charge in [-0.1, -0.05) is 12.2 Å². The van der Waals surface area contributed by atoms with E-state index in [-0.39, 0.29) is 17.7 Å². The van der Waals surface area contributed by atoms with E-state index in [0.717, 1.165) is 6.42 Å². The highest BCUT2D eigenvalue weighted by molar-refractivity contribution is 5.87. The van der Waals surface area contributed by atoms with Gasteiger partial charge in [0.05, 0.1) is 25.0 Å². The number of carboxylic acids is 1. The lowest BCUT2D eigenvalue weighted by Crippen LogP contribution is -2.45. The molecule has 0 aromatic rings. The van der Waals surface area contributed by atoms with Crippen LogP contribution < -0.4 is 0 Å². The van der Waals surface area contributed by atoms with Gasteiger partial charge in [-0.05, 0) is 18.3 Å².